The highest BCUT2D eigenvalue weighted by molar-refractivity contribution is 8.13. The molecule has 0 atom stereocenters. The molecule has 0 saturated heterocycles. The lowest BCUT2D eigenvalue weighted by Crippen LogP contribution is -2.41. The van der Waals surface area contributed by atoms with Crippen LogP contribution in [0.4, 0.5) is 0 Å². The molecule has 0 radical (unpaired) electrons. The maximum absolute atomic E-state index is 12.3. The zero-order valence-electron chi connectivity index (χ0n) is 10.9. The summed E-state index contributed by atoms with van der Waals surface area (Å²) in [5.41, 5.74) is 1.18. The number of hydrazine groups is 1. The minimum Gasteiger partial charge on any atom is -0.265 e. The van der Waals surface area contributed by atoms with E-state index in [4.69, 9.17) is 11.6 Å². The van der Waals surface area contributed by atoms with E-state index in [-0.39, 0.29) is 5.91 Å². The van der Waals surface area contributed by atoms with E-state index in [0.717, 1.165) is 5.56 Å². The van der Waals surface area contributed by atoms with Crippen LogP contribution < -0.4 is 0 Å². The summed E-state index contributed by atoms with van der Waals surface area (Å²) in [5.74, 6) is -0.144. The Bertz CT molecular complexity index is 569. The molecule has 0 spiro atoms. The van der Waals surface area contributed by atoms with Crippen LogP contribution in [0.25, 0.3) is 6.08 Å². The monoisotopic (exact) mass is 295 g/mol. The number of aliphatic imine (C=N–C) groups is 1. The first-order valence-electron chi connectivity index (χ1n) is 5.65. The number of benzene rings is 1. The molecule has 1 aliphatic rings. The quantitative estimate of drug-likeness (QED) is 0.787. The topological polar surface area (TPSA) is 35.9 Å². The SMILES string of the molecule is CSC1=NC(=Cc2ccccc2Cl)C(=O)N1N(C)C. The largest absolute Gasteiger partial charge is 0.293 e. The minimum absolute atomic E-state index is 0.144. The number of amides is 1. The molecule has 4 nitrogen and oxygen atoms in total. The fraction of sp³-hybridized carbons (Fsp3) is 0.231. The minimum atomic E-state index is -0.144. The van der Waals surface area contributed by atoms with Crippen molar-refractivity contribution in [3.8, 4) is 0 Å². The lowest BCUT2D eigenvalue weighted by molar-refractivity contribution is -0.130. The van der Waals surface area contributed by atoms with Gasteiger partial charge in [0.2, 0.25) is 0 Å². The van der Waals surface area contributed by atoms with Crippen molar-refractivity contribution in [2.75, 3.05) is 20.4 Å². The third-order valence-corrected chi connectivity index (χ3v) is 3.56. The number of hydrogen-bond donors (Lipinski definition) is 0. The molecule has 1 amide bonds. The Morgan fingerprint density at radius 1 is 1.37 bits per heavy atom. The zero-order chi connectivity index (χ0) is 14.0. The van der Waals surface area contributed by atoms with Crippen LogP contribution in [-0.2, 0) is 4.79 Å². The van der Waals surface area contributed by atoms with Gasteiger partial charge in [0.05, 0.1) is 0 Å². The predicted molar refractivity (Wildman–Crippen MR) is 80.9 cm³/mol. The van der Waals surface area contributed by atoms with E-state index in [0.29, 0.717) is 15.9 Å². The van der Waals surface area contributed by atoms with Crippen molar-refractivity contribution < 1.29 is 4.79 Å². The Balaban J connectivity index is 2.40. The van der Waals surface area contributed by atoms with E-state index in [1.54, 1.807) is 17.2 Å². The van der Waals surface area contributed by atoms with Crippen molar-refractivity contribution in [2.45, 2.75) is 0 Å². The molecule has 0 aromatic heterocycles. The highest BCUT2D eigenvalue weighted by Crippen LogP contribution is 2.25. The average Bonchev–Trinajstić information content (AvgIpc) is 2.69. The third kappa shape index (κ3) is 2.83. The van der Waals surface area contributed by atoms with E-state index >= 15 is 0 Å². The molecule has 1 aromatic carbocycles. The Hall–Kier alpha value is -1.30. The third-order valence-electron chi connectivity index (χ3n) is 2.59. The summed E-state index contributed by atoms with van der Waals surface area (Å²) in [5, 5.41) is 4.51. The summed E-state index contributed by atoms with van der Waals surface area (Å²) in [6.45, 7) is 0. The van der Waals surface area contributed by atoms with Gasteiger partial charge in [-0.05, 0) is 24.0 Å². The Labute approximate surface area is 121 Å². The fourth-order valence-electron chi connectivity index (χ4n) is 1.71. The van der Waals surface area contributed by atoms with Crippen LogP contribution in [0, 0.1) is 0 Å². The maximum atomic E-state index is 12.3. The summed E-state index contributed by atoms with van der Waals surface area (Å²) < 4.78 is 0. The highest BCUT2D eigenvalue weighted by atomic mass is 35.5. The van der Waals surface area contributed by atoms with Gasteiger partial charge in [-0.1, -0.05) is 41.6 Å². The van der Waals surface area contributed by atoms with Gasteiger partial charge in [0.15, 0.2) is 5.17 Å². The first-order valence-corrected chi connectivity index (χ1v) is 7.25. The molecule has 1 aliphatic heterocycles. The number of nitrogens with zero attached hydrogens (tertiary/aromatic N) is 3. The van der Waals surface area contributed by atoms with Crippen molar-refractivity contribution in [3.63, 3.8) is 0 Å². The number of carbonyl (C=O) groups excluding carboxylic acids is 1. The lowest BCUT2D eigenvalue weighted by atomic mass is 10.2. The second kappa shape index (κ2) is 5.77. The van der Waals surface area contributed by atoms with Crippen molar-refractivity contribution in [1.82, 2.24) is 10.0 Å². The van der Waals surface area contributed by atoms with Crippen molar-refractivity contribution in [1.29, 1.82) is 0 Å². The number of halogens is 1. The maximum Gasteiger partial charge on any atom is 0.293 e. The number of carbonyl (C=O) groups is 1. The summed E-state index contributed by atoms with van der Waals surface area (Å²) in [4.78, 5) is 16.6. The normalized spacial score (nSPS) is 17.5. The Morgan fingerprint density at radius 2 is 2.05 bits per heavy atom. The molecule has 0 unspecified atom stereocenters. The van der Waals surface area contributed by atoms with Gasteiger partial charge in [-0.3, -0.25) is 4.79 Å². The Morgan fingerprint density at radius 3 is 2.58 bits per heavy atom. The molecule has 6 heteroatoms. The molecule has 1 heterocycles. The summed E-state index contributed by atoms with van der Waals surface area (Å²) in [6, 6.07) is 7.37. The van der Waals surface area contributed by atoms with E-state index in [9.17, 15) is 4.79 Å². The van der Waals surface area contributed by atoms with Crippen molar-refractivity contribution in [3.05, 3.63) is 40.5 Å². The molecule has 0 aliphatic carbocycles. The molecule has 1 aromatic rings. The van der Waals surface area contributed by atoms with E-state index in [2.05, 4.69) is 4.99 Å². The smallest absolute Gasteiger partial charge is 0.265 e. The number of hydrogen-bond acceptors (Lipinski definition) is 4. The first kappa shape index (κ1) is 14.1. The average molecular weight is 296 g/mol. The molecule has 0 bridgehead atoms. The molecular weight excluding hydrogens is 282 g/mol. The molecular formula is C13H14ClN3OS. The van der Waals surface area contributed by atoms with Crippen molar-refractivity contribution in [2.24, 2.45) is 4.99 Å². The predicted octanol–water partition coefficient (Wildman–Crippen LogP) is 2.72. The molecule has 19 heavy (non-hydrogen) atoms. The molecule has 0 saturated carbocycles. The van der Waals surface area contributed by atoms with Gasteiger partial charge >= 0.3 is 0 Å². The molecule has 100 valence electrons. The molecule has 0 N–H and O–H groups in total. The van der Waals surface area contributed by atoms with Crippen LogP contribution in [-0.4, -0.2) is 41.4 Å². The Kier molecular flexibility index (Phi) is 4.29. The van der Waals surface area contributed by atoms with Crippen LogP contribution in [0.5, 0.6) is 0 Å². The van der Waals surface area contributed by atoms with Crippen LogP contribution in [0.2, 0.25) is 5.02 Å². The van der Waals surface area contributed by atoms with Gasteiger partial charge in [-0.25, -0.2) is 15.0 Å². The van der Waals surface area contributed by atoms with E-state index in [1.165, 1.54) is 16.8 Å². The molecule has 2 rings (SSSR count). The lowest BCUT2D eigenvalue weighted by Gasteiger charge is -2.23. The molecule has 0 fully saturated rings. The summed E-state index contributed by atoms with van der Waals surface area (Å²) in [6.07, 6.45) is 3.60. The van der Waals surface area contributed by atoms with Crippen LogP contribution in [0.3, 0.4) is 0 Å². The second-order valence-electron chi connectivity index (χ2n) is 4.11. The second-order valence-corrected chi connectivity index (χ2v) is 5.29. The van der Waals surface area contributed by atoms with Gasteiger partial charge in [0.25, 0.3) is 5.91 Å². The van der Waals surface area contributed by atoms with Gasteiger partial charge in [-0.15, -0.1) is 0 Å². The number of amidine groups is 1. The first-order chi connectivity index (χ1) is 9.04. The highest BCUT2D eigenvalue weighted by Gasteiger charge is 2.31. The van der Waals surface area contributed by atoms with E-state index < -0.39 is 0 Å². The fourth-order valence-corrected chi connectivity index (χ4v) is 2.51. The standard InChI is InChI=1S/C13H14ClN3OS/c1-16(2)17-12(18)11(15-13(17)19-3)8-9-6-4-5-7-10(9)14/h4-8H,1-3H3. The zero-order valence-corrected chi connectivity index (χ0v) is 12.5. The number of rotatable bonds is 2. The van der Waals surface area contributed by atoms with Gasteiger partial charge < -0.3 is 0 Å². The van der Waals surface area contributed by atoms with Gasteiger partial charge in [-0.2, -0.15) is 0 Å². The summed E-state index contributed by atoms with van der Waals surface area (Å²) >= 11 is 7.52. The van der Waals surface area contributed by atoms with Gasteiger partial charge in [0, 0.05) is 19.1 Å². The van der Waals surface area contributed by atoms with Crippen LogP contribution in [0.1, 0.15) is 5.56 Å². The van der Waals surface area contributed by atoms with Gasteiger partial charge in [0.1, 0.15) is 5.70 Å². The van der Waals surface area contributed by atoms with Crippen molar-refractivity contribution >= 4 is 40.5 Å². The van der Waals surface area contributed by atoms with E-state index in [1.807, 2.05) is 38.6 Å². The summed E-state index contributed by atoms with van der Waals surface area (Å²) in [7, 11) is 3.62. The van der Waals surface area contributed by atoms with Crippen LogP contribution >= 0.6 is 23.4 Å². The number of thioether (sulfide) groups is 1. The van der Waals surface area contributed by atoms with Crippen LogP contribution in [0.15, 0.2) is 35.0 Å².